The largest absolute Gasteiger partial charge is 0.509 e. The highest BCUT2D eigenvalue weighted by Crippen LogP contribution is 2.32. The molecule has 5 N–H and O–H groups in total. The number of hydrogen-bond donors (Lipinski definition) is 5. The lowest BCUT2D eigenvalue weighted by atomic mass is 9.95. The van der Waals surface area contributed by atoms with Gasteiger partial charge in [-0.2, -0.15) is 0 Å². The zero-order chi connectivity index (χ0) is 39.9. The Morgan fingerprint density at radius 3 is 2.36 bits per heavy atom. The summed E-state index contributed by atoms with van der Waals surface area (Å²) in [5.74, 6) is 4.91. The Bertz CT molecular complexity index is 1720. The van der Waals surface area contributed by atoms with Crippen LogP contribution in [0.15, 0.2) is 53.6 Å². The molecule has 296 valence electrons. The minimum absolute atomic E-state index is 0.0213. The summed E-state index contributed by atoms with van der Waals surface area (Å²) in [6, 6.07) is 13.0. The highest BCUT2D eigenvalue weighted by atomic mass is 32.2. The van der Waals surface area contributed by atoms with Crippen LogP contribution in [0.5, 0.6) is 5.75 Å². The topological polar surface area (TPSA) is 242 Å². The molecule has 0 spiro atoms. The van der Waals surface area contributed by atoms with E-state index in [0.717, 1.165) is 5.56 Å². The molecule has 0 aromatic heterocycles. The summed E-state index contributed by atoms with van der Waals surface area (Å²) >= 11 is 1.23. The molecule has 2 fully saturated rings. The molecule has 0 aliphatic carbocycles. The molecule has 17 nitrogen and oxygen atoms in total. The number of aliphatic hydroxyl groups is 3. The van der Waals surface area contributed by atoms with Crippen LogP contribution in [0.2, 0.25) is 0 Å². The Kier molecular flexibility index (Phi) is 16.4. The van der Waals surface area contributed by atoms with Crippen LogP contribution in [0.1, 0.15) is 57.3 Å². The second-order valence-corrected chi connectivity index (χ2v) is 14.6. The van der Waals surface area contributed by atoms with Crippen LogP contribution in [0.4, 0.5) is 10.5 Å². The summed E-state index contributed by atoms with van der Waals surface area (Å²) in [5.41, 5.74) is 9.20. The van der Waals surface area contributed by atoms with Crippen LogP contribution in [0.3, 0.4) is 0 Å². The number of nitrogens with zero attached hydrogens (tertiary/aromatic N) is 4. The first-order chi connectivity index (χ1) is 26.4. The Hall–Kier alpha value is -5.02. The van der Waals surface area contributed by atoms with Gasteiger partial charge in [-0.1, -0.05) is 49.9 Å². The number of piperidine rings is 1. The van der Waals surface area contributed by atoms with Gasteiger partial charge in [0, 0.05) is 52.4 Å². The molecule has 2 saturated heterocycles. The van der Waals surface area contributed by atoms with Crippen molar-refractivity contribution in [3.8, 4) is 17.6 Å². The number of aliphatic hydroxyl groups excluding tert-OH is 3. The number of amides is 3. The van der Waals surface area contributed by atoms with E-state index in [1.54, 1.807) is 31.2 Å². The van der Waals surface area contributed by atoms with Gasteiger partial charge in [-0.15, -0.1) is 11.8 Å². The number of ether oxygens (including phenoxy) is 4. The minimum Gasteiger partial charge on any atom is -0.488 e. The number of likely N-dealkylation sites (tertiary alicyclic amines) is 1. The first-order valence-corrected chi connectivity index (χ1v) is 18.7. The Labute approximate surface area is 322 Å². The second-order valence-electron chi connectivity index (χ2n) is 12.9. The van der Waals surface area contributed by atoms with E-state index in [9.17, 15) is 34.5 Å². The minimum atomic E-state index is -1.56. The standard InChI is InChI=1S/C37H46N6O11S/c1-4-29(44)39-17-5-6-23-7-11-26(12-8-23)41-34(48)25-15-18-43(19-16-25)35(49)33(24-9-13-27(14-10-24)52-21-40-42-38)54-37(50)51-20-28-30(45)31(46)32(47)36(53-28)55-22(2)3/h7-14,22,25,28,30-33,36,45-47H,4,15-21H2,1-3H3,(H,39,44)(H,41,48)/t28?,30-,31-,32?,33?,36-/m0/s1. The maximum Gasteiger partial charge on any atom is 0.509 e. The van der Waals surface area contributed by atoms with Crippen molar-refractivity contribution in [2.75, 3.05) is 38.3 Å². The third-order valence-electron chi connectivity index (χ3n) is 8.67. The molecule has 2 aromatic carbocycles. The smallest absolute Gasteiger partial charge is 0.488 e. The maximum absolute atomic E-state index is 13.9. The van der Waals surface area contributed by atoms with Gasteiger partial charge in [-0.3, -0.25) is 14.4 Å². The molecule has 2 aromatic rings. The summed E-state index contributed by atoms with van der Waals surface area (Å²) in [4.78, 5) is 55.5. The molecule has 18 heteroatoms. The number of carbonyl (C=O) groups excluding carboxylic acids is 4. The van der Waals surface area contributed by atoms with Gasteiger partial charge < -0.3 is 49.8 Å². The Balaban J connectivity index is 1.37. The molecule has 2 heterocycles. The third kappa shape index (κ3) is 12.8. The predicted octanol–water partition coefficient (Wildman–Crippen LogP) is 3.23. The third-order valence-corrected chi connectivity index (χ3v) is 9.87. The van der Waals surface area contributed by atoms with Crippen molar-refractivity contribution >= 4 is 41.3 Å². The Morgan fingerprint density at radius 1 is 1.04 bits per heavy atom. The lowest BCUT2D eigenvalue weighted by Gasteiger charge is -2.40. The molecule has 55 heavy (non-hydrogen) atoms. The van der Waals surface area contributed by atoms with E-state index in [-0.39, 0.29) is 49.0 Å². The van der Waals surface area contributed by atoms with Crippen molar-refractivity contribution in [1.82, 2.24) is 10.2 Å². The SMILES string of the molecule is CCC(=O)NCC#Cc1ccc(NC(=O)C2CCN(C(=O)C(OC(=O)OCC3O[C@@H](SC(C)C)C(O)[C@@H](O)[C@H]3O)c3ccc(OCN=[N+]=[N-])cc3)CC2)cc1. The zero-order valence-corrected chi connectivity index (χ0v) is 31.5. The average Bonchev–Trinajstić information content (AvgIpc) is 3.19. The number of nitrogens with one attached hydrogen (secondary N) is 2. The predicted molar refractivity (Wildman–Crippen MR) is 200 cm³/mol. The van der Waals surface area contributed by atoms with Crippen LogP contribution in [0, 0.1) is 17.8 Å². The molecule has 6 atom stereocenters. The van der Waals surface area contributed by atoms with Crippen molar-refractivity contribution in [3.63, 3.8) is 0 Å². The van der Waals surface area contributed by atoms with Crippen LogP contribution in [0.25, 0.3) is 10.4 Å². The van der Waals surface area contributed by atoms with Gasteiger partial charge >= 0.3 is 6.16 Å². The van der Waals surface area contributed by atoms with Crippen LogP contribution in [-0.2, 0) is 28.6 Å². The maximum atomic E-state index is 13.9. The molecule has 2 aliphatic heterocycles. The van der Waals surface area contributed by atoms with E-state index in [1.807, 2.05) is 13.8 Å². The molecular weight excluding hydrogens is 737 g/mol. The van der Waals surface area contributed by atoms with Crippen LogP contribution in [-0.4, -0.2) is 112 Å². The van der Waals surface area contributed by atoms with Gasteiger partial charge in [0.05, 0.1) is 6.54 Å². The highest BCUT2D eigenvalue weighted by molar-refractivity contribution is 8.00. The van der Waals surface area contributed by atoms with Gasteiger partial charge in [0.15, 0.2) is 6.73 Å². The summed E-state index contributed by atoms with van der Waals surface area (Å²) < 4.78 is 21.9. The summed E-state index contributed by atoms with van der Waals surface area (Å²) in [6.07, 6.45) is -7.32. The molecule has 0 saturated carbocycles. The van der Waals surface area contributed by atoms with E-state index in [4.69, 9.17) is 24.5 Å². The van der Waals surface area contributed by atoms with Crippen molar-refractivity contribution in [2.45, 2.75) is 81.2 Å². The monoisotopic (exact) mass is 782 g/mol. The van der Waals surface area contributed by atoms with Crippen molar-refractivity contribution in [1.29, 1.82) is 0 Å². The lowest BCUT2D eigenvalue weighted by molar-refractivity contribution is -0.207. The van der Waals surface area contributed by atoms with Crippen molar-refractivity contribution in [3.05, 3.63) is 70.1 Å². The highest BCUT2D eigenvalue weighted by Gasteiger charge is 2.45. The zero-order valence-electron chi connectivity index (χ0n) is 30.7. The number of hydrogen-bond acceptors (Lipinski definition) is 13. The fraction of sp³-hybridized carbons (Fsp3) is 0.514. The number of carbonyl (C=O) groups is 4. The molecule has 4 rings (SSSR count). The van der Waals surface area contributed by atoms with Gasteiger partial charge in [-0.05, 0) is 54.8 Å². The first-order valence-electron chi connectivity index (χ1n) is 17.8. The number of thioether (sulfide) groups is 1. The molecule has 2 aliphatic rings. The normalized spacial score (nSPS) is 21.6. The van der Waals surface area contributed by atoms with Gasteiger partial charge in [0.25, 0.3) is 5.91 Å². The van der Waals surface area contributed by atoms with Gasteiger partial charge in [0.2, 0.25) is 17.9 Å². The number of rotatable bonds is 14. The van der Waals surface area contributed by atoms with Gasteiger partial charge in [-0.25, -0.2) is 4.79 Å². The van der Waals surface area contributed by atoms with Crippen LogP contribution < -0.4 is 15.4 Å². The molecule has 0 radical (unpaired) electrons. The van der Waals surface area contributed by atoms with Crippen LogP contribution >= 0.6 is 11.8 Å². The Morgan fingerprint density at radius 2 is 1.73 bits per heavy atom. The molecule has 0 bridgehead atoms. The number of anilines is 1. The van der Waals surface area contributed by atoms with E-state index >= 15 is 0 Å². The number of benzene rings is 2. The van der Waals surface area contributed by atoms with Crippen molar-refractivity contribution in [2.24, 2.45) is 11.0 Å². The fourth-order valence-corrected chi connectivity index (χ4v) is 6.73. The lowest BCUT2D eigenvalue weighted by Crippen LogP contribution is -2.58. The second kappa shape index (κ2) is 21.2. The van der Waals surface area contributed by atoms with Gasteiger partial charge in [0.1, 0.15) is 42.2 Å². The molecule has 3 unspecified atom stereocenters. The molecular formula is C37H46N6O11S. The fourth-order valence-electron chi connectivity index (χ4n) is 5.67. The summed E-state index contributed by atoms with van der Waals surface area (Å²) in [6.45, 7) is 5.32. The van der Waals surface area contributed by atoms with E-state index in [2.05, 4.69) is 32.5 Å². The molecule has 3 amide bonds. The first kappa shape index (κ1) is 42.7. The van der Waals surface area contributed by atoms with E-state index < -0.39 is 60.5 Å². The van der Waals surface area contributed by atoms with E-state index in [0.29, 0.717) is 30.7 Å². The average molecular weight is 783 g/mol. The summed E-state index contributed by atoms with van der Waals surface area (Å²) in [7, 11) is 0. The van der Waals surface area contributed by atoms with Crippen molar-refractivity contribution < 1.29 is 53.4 Å². The quantitative estimate of drug-likeness (QED) is 0.0610. The summed E-state index contributed by atoms with van der Waals surface area (Å²) in [5, 5.41) is 40.1. The number of azide groups is 1. The van der Waals surface area contributed by atoms with E-state index in [1.165, 1.54) is 40.9 Å².